The van der Waals surface area contributed by atoms with Gasteiger partial charge in [0.15, 0.2) is 0 Å². The normalized spacial score (nSPS) is 21.1. The van der Waals surface area contributed by atoms with E-state index in [1.807, 2.05) is 11.6 Å². The van der Waals surface area contributed by atoms with Crippen LogP contribution in [0.15, 0.2) is 11.6 Å². The second kappa shape index (κ2) is 5.23. The monoisotopic (exact) mass is 241 g/mol. The fourth-order valence-electron chi connectivity index (χ4n) is 2.59. The van der Waals surface area contributed by atoms with Crippen molar-refractivity contribution in [2.45, 2.75) is 43.7 Å². The fraction of sp³-hybridized carbons (Fsp3) is 0.727. The molecule has 90 valence electrons. The molecule has 0 radical (unpaired) electrons. The summed E-state index contributed by atoms with van der Waals surface area (Å²) in [6.45, 7) is 0. The average Bonchev–Trinajstić information content (AvgIpc) is 2.97. The van der Waals surface area contributed by atoms with E-state index in [9.17, 15) is 0 Å². The average molecular weight is 241 g/mol. The molecule has 5 heteroatoms. The molecule has 0 amide bonds. The van der Waals surface area contributed by atoms with E-state index in [4.69, 9.17) is 10.6 Å². The van der Waals surface area contributed by atoms with Crippen LogP contribution < -0.4 is 11.3 Å². The number of nitrogens with two attached hydrogens (primary N) is 1. The highest BCUT2D eigenvalue weighted by Gasteiger charge is 2.41. The molecule has 1 aromatic heterocycles. The van der Waals surface area contributed by atoms with E-state index < -0.39 is 0 Å². The number of hydrazine groups is 1. The summed E-state index contributed by atoms with van der Waals surface area (Å²) in [5.74, 6) is 5.68. The van der Waals surface area contributed by atoms with Crippen molar-refractivity contribution in [3.8, 4) is 0 Å². The summed E-state index contributed by atoms with van der Waals surface area (Å²) in [6.07, 6.45) is 7.31. The lowest BCUT2D eigenvalue weighted by Gasteiger charge is -2.35. The van der Waals surface area contributed by atoms with Crippen molar-refractivity contribution in [3.63, 3.8) is 0 Å². The number of aromatic nitrogens is 1. The number of hydrogen-bond donors (Lipinski definition) is 2. The van der Waals surface area contributed by atoms with Crippen LogP contribution in [0, 0.1) is 0 Å². The molecule has 1 saturated carbocycles. The summed E-state index contributed by atoms with van der Waals surface area (Å²) in [6, 6.07) is 0.158. The molecule has 0 aliphatic heterocycles. The molecule has 0 saturated heterocycles. The maximum atomic E-state index is 5.73. The van der Waals surface area contributed by atoms with Gasteiger partial charge in [-0.1, -0.05) is 12.8 Å². The predicted octanol–water partition coefficient (Wildman–Crippen LogP) is 1.48. The minimum absolute atomic E-state index is 0.0968. The Bertz CT molecular complexity index is 309. The van der Waals surface area contributed by atoms with Crippen LogP contribution in [0.4, 0.5) is 0 Å². The zero-order valence-corrected chi connectivity index (χ0v) is 10.4. The fourth-order valence-corrected chi connectivity index (χ4v) is 3.26. The molecule has 1 heterocycles. The van der Waals surface area contributed by atoms with Crippen molar-refractivity contribution in [2.24, 2.45) is 5.84 Å². The lowest BCUT2D eigenvalue weighted by atomic mass is 9.90. The Balaban J connectivity index is 2.08. The van der Waals surface area contributed by atoms with Crippen molar-refractivity contribution in [3.05, 3.63) is 16.6 Å². The lowest BCUT2D eigenvalue weighted by Crippen LogP contribution is -2.54. The van der Waals surface area contributed by atoms with Crippen LogP contribution in [0.25, 0.3) is 0 Å². The van der Waals surface area contributed by atoms with E-state index in [1.54, 1.807) is 18.4 Å². The maximum Gasteiger partial charge on any atom is 0.0942 e. The first-order chi connectivity index (χ1) is 7.80. The van der Waals surface area contributed by atoms with Gasteiger partial charge in [-0.3, -0.25) is 11.3 Å². The number of thiazole rings is 1. The van der Waals surface area contributed by atoms with Gasteiger partial charge in [0.1, 0.15) is 0 Å². The third-order valence-electron chi connectivity index (χ3n) is 3.55. The molecule has 4 nitrogen and oxygen atoms in total. The molecule has 0 aromatic carbocycles. The Hall–Kier alpha value is -0.490. The first-order valence-electron chi connectivity index (χ1n) is 5.70. The number of rotatable bonds is 5. The topological polar surface area (TPSA) is 60.2 Å². The maximum absolute atomic E-state index is 5.73. The van der Waals surface area contributed by atoms with E-state index >= 15 is 0 Å². The lowest BCUT2D eigenvalue weighted by molar-refractivity contribution is -0.0355. The van der Waals surface area contributed by atoms with Crippen LogP contribution in [-0.2, 0) is 11.2 Å². The highest BCUT2D eigenvalue weighted by atomic mass is 32.1. The summed E-state index contributed by atoms with van der Waals surface area (Å²) in [5.41, 5.74) is 2.82. The first kappa shape index (κ1) is 12.0. The zero-order valence-electron chi connectivity index (χ0n) is 9.61. The van der Waals surface area contributed by atoms with E-state index in [0.717, 1.165) is 24.3 Å². The van der Waals surface area contributed by atoms with Crippen molar-refractivity contribution >= 4 is 11.3 Å². The van der Waals surface area contributed by atoms with Gasteiger partial charge in [0.25, 0.3) is 0 Å². The molecule has 3 N–H and O–H groups in total. The second-order valence-electron chi connectivity index (χ2n) is 4.33. The molecule has 1 fully saturated rings. The summed E-state index contributed by atoms with van der Waals surface area (Å²) in [7, 11) is 1.79. The van der Waals surface area contributed by atoms with Gasteiger partial charge < -0.3 is 4.74 Å². The minimum atomic E-state index is -0.0968. The van der Waals surface area contributed by atoms with Gasteiger partial charge in [-0.15, -0.1) is 11.3 Å². The SMILES string of the molecule is COC1(C(Cc2nccs2)NN)CCCC1. The molecular weight excluding hydrogens is 222 g/mol. The Kier molecular flexibility index (Phi) is 3.91. The Morgan fingerprint density at radius 2 is 2.38 bits per heavy atom. The van der Waals surface area contributed by atoms with Crippen molar-refractivity contribution in [1.29, 1.82) is 0 Å². The molecule has 0 spiro atoms. The van der Waals surface area contributed by atoms with E-state index in [1.165, 1.54) is 12.8 Å². The molecule has 1 aliphatic rings. The van der Waals surface area contributed by atoms with Crippen molar-refractivity contribution in [2.75, 3.05) is 7.11 Å². The summed E-state index contributed by atoms with van der Waals surface area (Å²) in [5, 5.41) is 3.11. The van der Waals surface area contributed by atoms with Gasteiger partial charge in [0.05, 0.1) is 16.7 Å². The smallest absolute Gasteiger partial charge is 0.0942 e. The van der Waals surface area contributed by atoms with E-state index in [2.05, 4.69) is 10.4 Å². The molecule has 1 aromatic rings. The molecule has 16 heavy (non-hydrogen) atoms. The molecule has 1 atom stereocenters. The first-order valence-corrected chi connectivity index (χ1v) is 6.58. The summed E-state index contributed by atoms with van der Waals surface area (Å²) in [4.78, 5) is 4.31. The second-order valence-corrected chi connectivity index (χ2v) is 5.30. The Morgan fingerprint density at radius 3 is 2.88 bits per heavy atom. The van der Waals surface area contributed by atoms with E-state index in [-0.39, 0.29) is 11.6 Å². The quantitative estimate of drug-likeness (QED) is 0.605. The van der Waals surface area contributed by atoms with Crippen LogP contribution >= 0.6 is 11.3 Å². The number of methoxy groups -OCH3 is 1. The molecular formula is C11H19N3OS. The van der Waals surface area contributed by atoms with Crippen LogP contribution in [0.3, 0.4) is 0 Å². The number of ether oxygens (including phenoxy) is 1. The van der Waals surface area contributed by atoms with Gasteiger partial charge in [0, 0.05) is 25.1 Å². The Morgan fingerprint density at radius 1 is 1.62 bits per heavy atom. The third-order valence-corrected chi connectivity index (χ3v) is 4.36. The minimum Gasteiger partial charge on any atom is -0.377 e. The number of nitrogens with zero attached hydrogens (tertiary/aromatic N) is 1. The van der Waals surface area contributed by atoms with Crippen LogP contribution in [0.2, 0.25) is 0 Å². The highest BCUT2D eigenvalue weighted by Crippen LogP contribution is 2.36. The molecule has 0 bridgehead atoms. The van der Waals surface area contributed by atoms with E-state index in [0.29, 0.717) is 0 Å². The van der Waals surface area contributed by atoms with Gasteiger partial charge >= 0.3 is 0 Å². The van der Waals surface area contributed by atoms with Crippen molar-refractivity contribution in [1.82, 2.24) is 10.4 Å². The van der Waals surface area contributed by atoms with Gasteiger partial charge in [-0.05, 0) is 12.8 Å². The molecule has 2 rings (SSSR count). The van der Waals surface area contributed by atoms with Crippen LogP contribution in [-0.4, -0.2) is 23.7 Å². The number of hydrogen-bond acceptors (Lipinski definition) is 5. The zero-order chi connectivity index (χ0) is 11.4. The summed E-state index contributed by atoms with van der Waals surface area (Å²) >= 11 is 1.67. The van der Waals surface area contributed by atoms with Crippen LogP contribution in [0.1, 0.15) is 30.7 Å². The standard InChI is InChI=1S/C11H19N3OS/c1-15-11(4-2-3-5-11)9(14-12)8-10-13-6-7-16-10/h6-7,9,14H,2-5,8,12H2,1H3. The summed E-state index contributed by atoms with van der Waals surface area (Å²) < 4.78 is 5.73. The van der Waals surface area contributed by atoms with Gasteiger partial charge in [-0.2, -0.15) is 0 Å². The largest absolute Gasteiger partial charge is 0.377 e. The van der Waals surface area contributed by atoms with Crippen molar-refractivity contribution < 1.29 is 4.74 Å². The molecule has 1 unspecified atom stereocenters. The van der Waals surface area contributed by atoms with Gasteiger partial charge in [-0.25, -0.2) is 4.98 Å². The predicted molar refractivity (Wildman–Crippen MR) is 65.1 cm³/mol. The van der Waals surface area contributed by atoms with Gasteiger partial charge in [0.2, 0.25) is 0 Å². The third kappa shape index (κ3) is 2.27. The molecule has 1 aliphatic carbocycles. The highest BCUT2D eigenvalue weighted by molar-refractivity contribution is 7.09. The van der Waals surface area contributed by atoms with Crippen LogP contribution in [0.5, 0.6) is 0 Å². The Labute approximate surface area is 100 Å². The number of nitrogens with one attached hydrogen (secondary N) is 1.